The Morgan fingerprint density at radius 1 is 1.13 bits per heavy atom. The minimum atomic E-state index is -0.292. The summed E-state index contributed by atoms with van der Waals surface area (Å²) < 4.78 is 19.3. The van der Waals surface area contributed by atoms with E-state index in [1.807, 2.05) is 54.6 Å². The zero-order valence-electron chi connectivity index (χ0n) is 17.4. The van der Waals surface area contributed by atoms with Crippen LogP contribution in [0.4, 0.5) is 4.39 Å². The number of carbonyl (C=O) groups is 1. The van der Waals surface area contributed by atoms with E-state index in [1.165, 1.54) is 6.07 Å². The van der Waals surface area contributed by atoms with Crippen LogP contribution in [0.5, 0.6) is 5.75 Å². The summed E-state index contributed by atoms with van der Waals surface area (Å²) in [4.78, 5) is 12.4. The third-order valence-electron chi connectivity index (χ3n) is 5.69. The maximum atomic E-state index is 14.1. The molecule has 0 aromatic heterocycles. The highest BCUT2D eigenvalue weighted by Gasteiger charge is 2.42. The lowest BCUT2D eigenvalue weighted by Gasteiger charge is -2.17. The van der Waals surface area contributed by atoms with Crippen LogP contribution < -0.4 is 15.9 Å². The largest absolute Gasteiger partial charge is 0.497 e. The molecular formula is C25H26FN3O2. The van der Waals surface area contributed by atoms with Gasteiger partial charge < -0.3 is 10.1 Å². The van der Waals surface area contributed by atoms with E-state index in [0.29, 0.717) is 30.0 Å². The molecule has 2 atom stereocenters. The Morgan fingerprint density at radius 3 is 2.58 bits per heavy atom. The fourth-order valence-corrected chi connectivity index (χ4v) is 3.78. The number of ether oxygens (including phenoxy) is 1. The molecule has 1 aliphatic carbocycles. The molecule has 5 nitrogen and oxygen atoms in total. The van der Waals surface area contributed by atoms with Gasteiger partial charge in [0.1, 0.15) is 11.6 Å². The summed E-state index contributed by atoms with van der Waals surface area (Å²) >= 11 is 0. The number of rotatable bonds is 8. The van der Waals surface area contributed by atoms with Gasteiger partial charge in [-0.3, -0.25) is 10.6 Å². The molecule has 4 rings (SSSR count). The van der Waals surface area contributed by atoms with Crippen molar-refractivity contribution < 1.29 is 13.9 Å². The molecule has 0 saturated heterocycles. The van der Waals surface area contributed by atoms with Crippen LogP contribution in [0, 0.1) is 5.82 Å². The second kappa shape index (κ2) is 9.29. The van der Waals surface area contributed by atoms with Gasteiger partial charge in [-0.2, -0.15) is 0 Å². The summed E-state index contributed by atoms with van der Waals surface area (Å²) in [7, 11) is 1.56. The zero-order valence-corrected chi connectivity index (χ0v) is 17.4. The van der Waals surface area contributed by atoms with Crippen molar-refractivity contribution in [3.8, 4) is 5.75 Å². The third-order valence-corrected chi connectivity index (χ3v) is 5.69. The zero-order chi connectivity index (χ0) is 21.8. The number of nitrogens with two attached hydrogens (primary N) is 1. The van der Waals surface area contributed by atoms with E-state index < -0.39 is 0 Å². The standard InChI is InChI=1S/C25H26FN3O2/c1-31-21-11-12-23(26)20(13-21)16-29(27)24-14-22(24)18-7-9-19(10-8-18)25(30)28-15-17-5-3-2-4-6-17/h2-13,22,24H,14-16,27H2,1H3,(H,28,30). The van der Waals surface area contributed by atoms with Gasteiger partial charge in [0.25, 0.3) is 5.91 Å². The van der Waals surface area contributed by atoms with Gasteiger partial charge in [-0.1, -0.05) is 42.5 Å². The summed E-state index contributed by atoms with van der Waals surface area (Å²) in [5.41, 5.74) is 3.33. The highest BCUT2D eigenvalue weighted by molar-refractivity contribution is 5.94. The summed E-state index contributed by atoms with van der Waals surface area (Å²) in [6.07, 6.45) is 0.904. The van der Waals surface area contributed by atoms with Crippen LogP contribution in [0.2, 0.25) is 0 Å². The molecule has 1 amide bonds. The molecule has 0 aliphatic heterocycles. The average molecular weight is 420 g/mol. The fraction of sp³-hybridized carbons (Fsp3) is 0.240. The first-order chi connectivity index (χ1) is 15.0. The van der Waals surface area contributed by atoms with Crippen molar-refractivity contribution in [1.29, 1.82) is 0 Å². The van der Waals surface area contributed by atoms with E-state index in [4.69, 9.17) is 10.6 Å². The van der Waals surface area contributed by atoms with E-state index in [9.17, 15) is 9.18 Å². The summed E-state index contributed by atoms with van der Waals surface area (Å²) in [6.45, 7) is 0.805. The first-order valence-electron chi connectivity index (χ1n) is 10.3. The lowest BCUT2D eigenvalue weighted by molar-refractivity contribution is 0.0951. The Labute approximate surface area is 181 Å². The Kier molecular flexibility index (Phi) is 6.30. The second-order valence-electron chi connectivity index (χ2n) is 7.83. The average Bonchev–Trinajstić information content (AvgIpc) is 3.61. The topological polar surface area (TPSA) is 67.6 Å². The van der Waals surface area contributed by atoms with Crippen molar-refractivity contribution in [3.05, 3.63) is 101 Å². The van der Waals surface area contributed by atoms with Crippen LogP contribution in [0.15, 0.2) is 72.8 Å². The molecule has 1 saturated carbocycles. The van der Waals surface area contributed by atoms with E-state index in [-0.39, 0.29) is 23.7 Å². The van der Waals surface area contributed by atoms with Gasteiger partial charge in [0, 0.05) is 36.2 Å². The minimum Gasteiger partial charge on any atom is -0.497 e. The lowest BCUT2D eigenvalue weighted by atomic mass is 10.1. The van der Waals surface area contributed by atoms with Crippen LogP contribution in [0.3, 0.4) is 0 Å². The van der Waals surface area contributed by atoms with Crippen molar-refractivity contribution in [2.75, 3.05) is 7.11 Å². The van der Waals surface area contributed by atoms with Crippen molar-refractivity contribution in [2.45, 2.75) is 31.5 Å². The summed E-state index contributed by atoms with van der Waals surface area (Å²) in [5, 5.41) is 4.62. The van der Waals surface area contributed by atoms with Gasteiger partial charge in [0.15, 0.2) is 0 Å². The van der Waals surface area contributed by atoms with Gasteiger partial charge in [0.2, 0.25) is 0 Å². The normalized spacial score (nSPS) is 17.4. The number of carbonyl (C=O) groups excluding carboxylic acids is 1. The number of benzene rings is 3. The number of halogens is 1. The molecule has 2 unspecified atom stereocenters. The Bertz CT molecular complexity index is 1040. The van der Waals surface area contributed by atoms with Gasteiger partial charge in [-0.25, -0.2) is 9.40 Å². The predicted octanol–water partition coefficient (Wildman–Crippen LogP) is 4.00. The first-order valence-corrected chi connectivity index (χ1v) is 10.3. The molecule has 0 spiro atoms. The number of hydrogen-bond acceptors (Lipinski definition) is 4. The second-order valence-corrected chi connectivity index (χ2v) is 7.83. The monoisotopic (exact) mass is 419 g/mol. The first kappa shape index (κ1) is 21.0. The molecule has 0 heterocycles. The molecule has 0 bridgehead atoms. The van der Waals surface area contributed by atoms with Gasteiger partial charge in [0.05, 0.1) is 7.11 Å². The maximum Gasteiger partial charge on any atom is 0.251 e. The molecule has 1 fully saturated rings. The number of hydrogen-bond donors (Lipinski definition) is 2. The lowest BCUT2D eigenvalue weighted by Crippen LogP contribution is -2.33. The third kappa shape index (κ3) is 5.10. The maximum absolute atomic E-state index is 14.1. The smallest absolute Gasteiger partial charge is 0.251 e. The van der Waals surface area contributed by atoms with Crippen molar-refractivity contribution >= 4 is 5.91 Å². The van der Waals surface area contributed by atoms with Crippen LogP contribution in [-0.4, -0.2) is 24.1 Å². The molecule has 1 aliphatic rings. The van der Waals surface area contributed by atoms with Crippen LogP contribution in [0.25, 0.3) is 0 Å². The van der Waals surface area contributed by atoms with Crippen molar-refractivity contribution in [1.82, 2.24) is 10.3 Å². The number of nitrogens with one attached hydrogen (secondary N) is 1. The van der Waals surface area contributed by atoms with Crippen LogP contribution in [-0.2, 0) is 13.1 Å². The highest BCUT2D eigenvalue weighted by Crippen LogP contribution is 2.44. The SMILES string of the molecule is COc1ccc(F)c(CN(N)C2CC2c2ccc(C(=O)NCc3ccccc3)cc2)c1. The van der Waals surface area contributed by atoms with Gasteiger partial charge in [-0.15, -0.1) is 0 Å². The van der Waals surface area contributed by atoms with Crippen molar-refractivity contribution in [2.24, 2.45) is 5.84 Å². The molecule has 31 heavy (non-hydrogen) atoms. The van der Waals surface area contributed by atoms with E-state index in [2.05, 4.69) is 5.32 Å². The van der Waals surface area contributed by atoms with Crippen molar-refractivity contribution in [3.63, 3.8) is 0 Å². The van der Waals surface area contributed by atoms with Gasteiger partial charge >= 0.3 is 0 Å². The van der Waals surface area contributed by atoms with E-state index >= 15 is 0 Å². The Balaban J connectivity index is 1.32. The molecule has 6 heteroatoms. The van der Waals surface area contributed by atoms with E-state index in [1.54, 1.807) is 24.3 Å². The number of methoxy groups -OCH3 is 1. The highest BCUT2D eigenvalue weighted by atomic mass is 19.1. The molecule has 160 valence electrons. The number of nitrogens with zero attached hydrogens (tertiary/aromatic N) is 1. The summed E-state index contributed by atoms with van der Waals surface area (Å²) in [6, 6.07) is 22.2. The summed E-state index contributed by atoms with van der Waals surface area (Å²) in [5.74, 6) is 6.73. The number of hydrazine groups is 1. The fourth-order valence-electron chi connectivity index (χ4n) is 3.78. The molecule has 0 radical (unpaired) electrons. The van der Waals surface area contributed by atoms with Crippen LogP contribution >= 0.6 is 0 Å². The molecular weight excluding hydrogens is 393 g/mol. The quantitative estimate of drug-likeness (QED) is 0.428. The predicted molar refractivity (Wildman–Crippen MR) is 118 cm³/mol. The molecule has 3 aromatic carbocycles. The molecule has 3 aromatic rings. The number of amides is 1. The van der Waals surface area contributed by atoms with E-state index in [0.717, 1.165) is 17.5 Å². The van der Waals surface area contributed by atoms with Crippen LogP contribution in [0.1, 0.15) is 39.4 Å². The Hall–Kier alpha value is -3.22. The Morgan fingerprint density at radius 2 is 1.87 bits per heavy atom. The molecule has 3 N–H and O–H groups in total. The van der Waals surface area contributed by atoms with Gasteiger partial charge in [-0.05, 0) is 47.9 Å². The minimum absolute atomic E-state index is 0.100.